The minimum atomic E-state index is -0.339. The monoisotopic (exact) mass is 482 g/mol. The Morgan fingerprint density at radius 3 is 2.31 bits per heavy atom. The van der Waals surface area contributed by atoms with E-state index in [2.05, 4.69) is 10.4 Å². The molecule has 0 aliphatic heterocycles. The van der Waals surface area contributed by atoms with Crippen LogP contribution in [0.2, 0.25) is 0 Å². The summed E-state index contributed by atoms with van der Waals surface area (Å²) in [6.07, 6.45) is 4.88. The van der Waals surface area contributed by atoms with Gasteiger partial charge in [0.05, 0.1) is 17.9 Å². The van der Waals surface area contributed by atoms with E-state index in [0.29, 0.717) is 11.3 Å². The van der Waals surface area contributed by atoms with Crippen LogP contribution in [0.25, 0.3) is 23.0 Å². The predicted octanol–water partition coefficient (Wildman–Crippen LogP) is 5.41. The van der Waals surface area contributed by atoms with Crippen molar-refractivity contribution in [3.63, 3.8) is 0 Å². The number of hydrogen-bond acceptors (Lipinski definition) is 3. The van der Waals surface area contributed by atoms with Gasteiger partial charge in [-0.1, -0.05) is 36.4 Å². The largest absolute Gasteiger partial charge is 0.333 e. The van der Waals surface area contributed by atoms with Crippen molar-refractivity contribution in [1.29, 1.82) is 0 Å². The average molecular weight is 483 g/mol. The van der Waals surface area contributed by atoms with Gasteiger partial charge in [0, 0.05) is 36.1 Å². The molecule has 1 N–H and O–H groups in total. The second-order valence-corrected chi connectivity index (χ2v) is 8.56. The van der Waals surface area contributed by atoms with Crippen LogP contribution >= 0.6 is 0 Å². The van der Waals surface area contributed by atoms with Gasteiger partial charge < -0.3 is 10.2 Å². The Bertz CT molecular complexity index is 1390. The molecule has 1 heterocycles. The molecule has 0 unspecified atom stereocenters. The zero-order chi connectivity index (χ0) is 25.7. The highest BCUT2D eigenvalue weighted by atomic mass is 19.1. The molecular weight excluding hydrogens is 455 g/mol. The summed E-state index contributed by atoms with van der Waals surface area (Å²) < 4.78 is 15.2. The molecule has 0 saturated carbocycles. The number of rotatable bonds is 7. The molecule has 0 fully saturated rings. The van der Waals surface area contributed by atoms with Gasteiger partial charge >= 0.3 is 0 Å². The molecule has 0 aliphatic rings. The van der Waals surface area contributed by atoms with Crippen LogP contribution in [-0.4, -0.2) is 40.1 Å². The summed E-state index contributed by atoms with van der Waals surface area (Å²) >= 11 is 0. The number of halogens is 1. The van der Waals surface area contributed by atoms with E-state index in [1.54, 1.807) is 29.9 Å². The van der Waals surface area contributed by atoms with Crippen molar-refractivity contribution in [2.24, 2.45) is 0 Å². The fourth-order valence-corrected chi connectivity index (χ4v) is 3.83. The summed E-state index contributed by atoms with van der Waals surface area (Å²) in [5.41, 5.74) is 5.55. The fourth-order valence-electron chi connectivity index (χ4n) is 3.83. The molecule has 0 radical (unpaired) electrons. The molecule has 0 atom stereocenters. The number of likely N-dealkylation sites (N-methyl/N-ethyl adjacent to an activating group) is 1. The molecule has 3 aromatic carbocycles. The van der Waals surface area contributed by atoms with Crippen LogP contribution in [0.15, 0.2) is 85.1 Å². The van der Waals surface area contributed by atoms with E-state index >= 15 is 0 Å². The molecule has 0 aliphatic carbocycles. The first-order valence-electron chi connectivity index (χ1n) is 11.5. The lowest BCUT2D eigenvalue weighted by Gasteiger charge is -2.16. The minimum Gasteiger partial charge on any atom is -0.333 e. The first-order valence-corrected chi connectivity index (χ1v) is 11.5. The standard InChI is InChI=1S/C29H27FN4O2/c1-20-8-7-9-21(2)28(20)31-26(35)19-33(3)27(36)17-14-23-18-34(25-10-5-4-6-11-25)32-29(23)22-12-15-24(30)16-13-22/h4-18H,19H2,1-3H3,(H,31,35)/b17-14+. The highest BCUT2D eigenvalue weighted by molar-refractivity contribution is 5.99. The van der Waals surface area contributed by atoms with E-state index in [-0.39, 0.29) is 24.2 Å². The van der Waals surface area contributed by atoms with Crippen molar-refractivity contribution in [3.05, 3.63) is 108 Å². The number of para-hydroxylation sites is 2. The smallest absolute Gasteiger partial charge is 0.246 e. The molecule has 182 valence electrons. The maximum absolute atomic E-state index is 13.5. The molecule has 0 saturated heterocycles. The minimum absolute atomic E-state index is 0.0922. The van der Waals surface area contributed by atoms with Gasteiger partial charge in [-0.3, -0.25) is 9.59 Å². The number of amides is 2. The molecule has 1 aromatic heterocycles. The summed E-state index contributed by atoms with van der Waals surface area (Å²) in [4.78, 5) is 26.7. The number of hydrogen-bond donors (Lipinski definition) is 1. The zero-order valence-electron chi connectivity index (χ0n) is 20.4. The second-order valence-electron chi connectivity index (χ2n) is 8.56. The number of aromatic nitrogens is 2. The maximum atomic E-state index is 13.5. The van der Waals surface area contributed by atoms with Gasteiger partial charge in [-0.25, -0.2) is 9.07 Å². The van der Waals surface area contributed by atoms with Crippen molar-refractivity contribution in [2.45, 2.75) is 13.8 Å². The normalized spacial score (nSPS) is 11.0. The van der Waals surface area contributed by atoms with E-state index in [0.717, 1.165) is 28.1 Å². The molecular formula is C29H27FN4O2. The van der Waals surface area contributed by atoms with Crippen LogP contribution in [0.1, 0.15) is 16.7 Å². The van der Waals surface area contributed by atoms with Gasteiger partial charge in [0.25, 0.3) is 0 Å². The quantitative estimate of drug-likeness (QED) is 0.359. The van der Waals surface area contributed by atoms with Crippen LogP contribution in [0, 0.1) is 19.7 Å². The van der Waals surface area contributed by atoms with Crippen LogP contribution in [0.4, 0.5) is 10.1 Å². The van der Waals surface area contributed by atoms with Crippen LogP contribution in [0.3, 0.4) is 0 Å². The lowest BCUT2D eigenvalue weighted by Crippen LogP contribution is -2.34. The highest BCUT2D eigenvalue weighted by Gasteiger charge is 2.15. The number of carbonyl (C=O) groups is 2. The van der Waals surface area contributed by atoms with E-state index in [1.165, 1.54) is 23.1 Å². The summed E-state index contributed by atoms with van der Waals surface area (Å²) in [7, 11) is 1.57. The van der Waals surface area contributed by atoms with E-state index in [4.69, 9.17) is 0 Å². The first-order chi connectivity index (χ1) is 17.3. The highest BCUT2D eigenvalue weighted by Crippen LogP contribution is 2.25. The number of nitrogens with zero attached hydrogens (tertiary/aromatic N) is 3. The average Bonchev–Trinajstić information content (AvgIpc) is 3.30. The maximum Gasteiger partial charge on any atom is 0.246 e. The van der Waals surface area contributed by atoms with Gasteiger partial charge in [-0.15, -0.1) is 0 Å². The van der Waals surface area contributed by atoms with Crippen molar-refractivity contribution in [1.82, 2.24) is 14.7 Å². The molecule has 2 amide bonds. The van der Waals surface area contributed by atoms with E-state index in [9.17, 15) is 14.0 Å². The zero-order valence-corrected chi connectivity index (χ0v) is 20.4. The number of benzene rings is 3. The Balaban J connectivity index is 1.52. The SMILES string of the molecule is Cc1cccc(C)c1NC(=O)CN(C)C(=O)/C=C/c1cn(-c2ccccc2)nc1-c1ccc(F)cc1. The Morgan fingerprint density at radius 2 is 1.64 bits per heavy atom. The lowest BCUT2D eigenvalue weighted by molar-refractivity contribution is -0.129. The first kappa shape index (κ1) is 24.6. The topological polar surface area (TPSA) is 67.2 Å². The third kappa shape index (κ3) is 5.75. The second kappa shape index (κ2) is 10.8. The molecule has 36 heavy (non-hydrogen) atoms. The molecule has 6 nitrogen and oxygen atoms in total. The Kier molecular flexibility index (Phi) is 7.39. The lowest BCUT2D eigenvalue weighted by atomic mass is 10.1. The third-order valence-corrected chi connectivity index (χ3v) is 5.79. The van der Waals surface area contributed by atoms with Crippen molar-refractivity contribution < 1.29 is 14.0 Å². The molecule has 4 aromatic rings. The number of carbonyl (C=O) groups excluding carboxylic acids is 2. The van der Waals surface area contributed by atoms with Gasteiger partial charge in [0.1, 0.15) is 5.82 Å². The number of anilines is 1. The number of aryl methyl sites for hydroxylation is 2. The van der Waals surface area contributed by atoms with Gasteiger partial charge in [0.15, 0.2) is 0 Å². The Morgan fingerprint density at radius 1 is 0.972 bits per heavy atom. The summed E-state index contributed by atoms with van der Waals surface area (Å²) in [6, 6.07) is 21.4. The van der Waals surface area contributed by atoms with Crippen molar-refractivity contribution in [3.8, 4) is 16.9 Å². The van der Waals surface area contributed by atoms with E-state index in [1.807, 2.05) is 68.6 Å². The summed E-state index contributed by atoms with van der Waals surface area (Å²) in [6.45, 7) is 3.76. The molecule has 0 bridgehead atoms. The number of nitrogens with one attached hydrogen (secondary N) is 1. The molecule has 7 heteroatoms. The van der Waals surface area contributed by atoms with E-state index < -0.39 is 0 Å². The fraction of sp³-hybridized carbons (Fsp3) is 0.138. The summed E-state index contributed by atoms with van der Waals surface area (Å²) in [5.74, 6) is -0.945. The van der Waals surface area contributed by atoms with Gasteiger partial charge in [-0.05, 0) is 67.4 Å². The van der Waals surface area contributed by atoms with Gasteiger partial charge in [0.2, 0.25) is 11.8 Å². The Labute approximate surface area is 209 Å². The van der Waals surface area contributed by atoms with Gasteiger partial charge in [-0.2, -0.15) is 5.10 Å². The Hall–Kier alpha value is -4.52. The third-order valence-electron chi connectivity index (χ3n) is 5.79. The van der Waals surface area contributed by atoms with Crippen LogP contribution in [-0.2, 0) is 9.59 Å². The predicted molar refractivity (Wildman–Crippen MR) is 140 cm³/mol. The molecule has 4 rings (SSSR count). The molecule has 0 spiro atoms. The van der Waals surface area contributed by atoms with Crippen LogP contribution in [0.5, 0.6) is 0 Å². The van der Waals surface area contributed by atoms with Crippen molar-refractivity contribution in [2.75, 3.05) is 18.9 Å². The van der Waals surface area contributed by atoms with Crippen LogP contribution < -0.4 is 5.32 Å². The summed E-state index contributed by atoms with van der Waals surface area (Å²) in [5, 5.41) is 7.56. The van der Waals surface area contributed by atoms with Crippen molar-refractivity contribution >= 4 is 23.6 Å².